The number of rotatable bonds is 4. The van der Waals surface area contributed by atoms with Gasteiger partial charge >= 0.3 is 6.18 Å². The molecule has 21 heavy (non-hydrogen) atoms. The molecule has 1 aromatic carbocycles. The van der Waals surface area contributed by atoms with Gasteiger partial charge in [0.1, 0.15) is 0 Å². The standard InChI is InChI=1S/C15H19ClF3NO/c16-13-4-2-1-3-12(13)14(21)7-10-20-8-5-11(6-9-20)15(17,18)19/h1-4,11,14,21H,5-10H2. The maximum atomic E-state index is 12.6. The molecule has 0 radical (unpaired) electrons. The van der Waals surface area contributed by atoms with Crippen molar-refractivity contribution in [3.63, 3.8) is 0 Å². The van der Waals surface area contributed by atoms with Gasteiger partial charge in [-0.3, -0.25) is 0 Å². The van der Waals surface area contributed by atoms with Crippen LogP contribution >= 0.6 is 11.6 Å². The summed E-state index contributed by atoms with van der Waals surface area (Å²) in [6.45, 7) is 1.44. The Hall–Kier alpha value is -0.780. The largest absolute Gasteiger partial charge is 0.391 e. The first-order chi connectivity index (χ1) is 9.88. The van der Waals surface area contributed by atoms with Crippen LogP contribution in [0, 0.1) is 5.92 Å². The highest BCUT2D eigenvalue weighted by atomic mass is 35.5. The van der Waals surface area contributed by atoms with E-state index in [1.165, 1.54) is 0 Å². The van der Waals surface area contributed by atoms with Crippen LogP contribution in [0.5, 0.6) is 0 Å². The third kappa shape index (κ3) is 4.59. The van der Waals surface area contributed by atoms with Gasteiger partial charge in [-0.25, -0.2) is 0 Å². The van der Waals surface area contributed by atoms with Crippen molar-refractivity contribution < 1.29 is 18.3 Å². The molecule has 1 aliphatic heterocycles. The number of nitrogens with zero attached hydrogens (tertiary/aromatic N) is 1. The van der Waals surface area contributed by atoms with Crippen LogP contribution in [-0.4, -0.2) is 35.8 Å². The van der Waals surface area contributed by atoms with Crippen molar-refractivity contribution in [2.45, 2.75) is 31.5 Å². The van der Waals surface area contributed by atoms with Gasteiger partial charge in [0.15, 0.2) is 0 Å². The Morgan fingerprint density at radius 2 is 1.86 bits per heavy atom. The van der Waals surface area contributed by atoms with Crippen LogP contribution in [0.2, 0.25) is 5.02 Å². The molecule has 1 aliphatic rings. The smallest absolute Gasteiger partial charge is 0.388 e. The topological polar surface area (TPSA) is 23.5 Å². The third-order valence-electron chi connectivity index (χ3n) is 4.03. The highest BCUT2D eigenvalue weighted by Crippen LogP contribution is 2.34. The molecular formula is C15H19ClF3NO. The second-order valence-electron chi connectivity index (χ2n) is 5.48. The van der Waals surface area contributed by atoms with E-state index in [-0.39, 0.29) is 12.8 Å². The highest BCUT2D eigenvalue weighted by molar-refractivity contribution is 6.31. The summed E-state index contributed by atoms with van der Waals surface area (Å²) in [5.74, 6) is -1.18. The predicted molar refractivity (Wildman–Crippen MR) is 76.2 cm³/mol. The van der Waals surface area contributed by atoms with Crippen molar-refractivity contribution in [1.82, 2.24) is 4.90 Å². The molecule has 1 N–H and O–H groups in total. The lowest BCUT2D eigenvalue weighted by Crippen LogP contribution is -2.39. The van der Waals surface area contributed by atoms with Gasteiger partial charge in [0.25, 0.3) is 0 Å². The minimum atomic E-state index is -4.08. The molecule has 1 unspecified atom stereocenters. The summed E-state index contributed by atoms with van der Waals surface area (Å²) in [4.78, 5) is 1.97. The minimum absolute atomic E-state index is 0.145. The second kappa shape index (κ2) is 6.99. The van der Waals surface area contributed by atoms with Crippen LogP contribution in [0.1, 0.15) is 30.9 Å². The number of aliphatic hydroxyl groups is 1. The van der Waals surface area contributed by atoms with Crippen molar-refractivity contribution >= 4 is 11.6 Å². The second-order valence-corrected chi connectivity index (χ2v) is 5.89. The Morgan fingerprint density at radius 3 is 2.43 bits per heavy atom. The lowest BCUT2D eigenvalue weighted by molar-refractivity contribution is -0.185. The zero-order valence-corrected chi connectivity index (χ0v) is 12.4. The SMILES string of the molecule is OC(CCN1CCC(C(F)(F)F)CC1)c1ccccc1Cl. The summed E-state index contributed by atoms with van der Waals surface area (Å²) in [6.07, 6.45) is -4.00. The molecule has 0 spiro atoms. The van der Waals surface area contributed by atoms with E-state index in [1.807, 2.05) is 4.90 Å². The van der Waals surface area contributed by atoms with E-state index < -0.39 is 18.2 Å². The van der Waals surface area contributed by atoms with Crippen LogP contribution in [-0.2, 0) is 0 Å². The monoisotopic (exact) mass is 321 g/mol. The van der Waals surface area contributed by atoms with Gasteiger partial charge in [-0.15, -0.1) is 0 Å². The summed E-state index contributed by atoms with van der Waals surface area (Å²) < 4.78 is 37.7. The molecule has 118 valence electrons. The number of hydrogen-bond donors (Lipinski definition) is 1. The Morgan fingerprint density at radius 1 is 1.24 bits per heavy atom. The average molecular weight is 322 g/mol. The van der Waals surface area contributed by atoms with E-state index in [0.717, 1.165) is 0 Å². The molecule has 0 bridgehead atoms. The van der Waals surface area contributed by atoms with Crippen molar-refractivity contribution in [3.05, 3.63) is 34.9 Å². The molecule has 1 heterocycles. The number of hydrogen-bond acceptors (Lipinski definition) is 2. The molecular weight excluding hydrogens is 303 g/mol. The zero-order valence-electron chi connectivity index (χ0n) is 11.6. The number of alkyl halides is 3. The maximum Gasteiger partial charge on any atom is 0.391 e. The molecule has 1 atom stereocenters. The summed E-state index contributed by atoms with van der Waals surface area (Å²) in [7, 11) is 0. The summed E-state index contributed by atoms with van der Waals surface area (Å²) >= 11 is 6.01. The number of likely N-dealkylation sites (tertiary alicyclic amines) is 1. The fourth-order valence-corrected chi connectivity index (χ4v) is 2.95. The molecule has 0 aliphatic carbocycles. The van der Waals surface area contributed by atoms with Gasteiger partial charge in [-0.2, -0.15) is 13.2 Å². The zero-order chi connectivity index (χ0) is 15.5. The number of aliphatic hydroxyl groups excluding tert-OH is 1. The van der Waals surface area contributed by atoms with Crippen molar-refractivity contribution in [1.29, 1.82) is 0 Å². The summed E-state index contributed by atoms with van der Waals surface area (Å²) in [5, 5.41) is 10.6. The first kappa shape index (κ1) is 16.6. The van der Waals surface area contributed by atoms with E-state index >= 15 is 0 Å². The van der Waals surface area contributed by atoms with Crippen LogP contribution in [0.25, 0.3) is 0 Å². The summed E-state index contributed by atoms with van der Waals surface area (Å²) in [6, 6.07) is 7.08. The molecule has 0 saturated carbocycles. The first-order valence-electron chi connectivity index (χ1n) is 7.09. The molecule has 2 rings (SSSR count). The number of benzene rings is 1. The average Bonchev–Trinajstić information content (AvgIpc) is 2.45. The molecule has 1 fully saturated rings. The third-order valence-corrected chi connectivity index (χ3v) is 4.38. The van der Waals surface area contributed by atoms with Crippen LogP contribution in [0.3, 0.4) is 0 Å². The Balaban J connectivity index is 1.79. The maximum absolute atomic E-state index is 12.6. The lowest BCUT2D eigenvalue weighted by atomic mass is 9.96. The lowest BCUT2D eigenvalue weighted by Gasteiger charge is -2.33. The van der Waals surface area contributed by atoms with E-state index in [1.54, 1.807) is 24.3 Å². The Bertz CT molecular complexity index is 458. The molecule has 6 heteroatoms. The first-order valence-corrected chi connectivity index (χ1v) is 7.47. The van der Waals surface area contributed by atoms with Crippen molar-refractivity contribution in [2.24, 2.45) is 5.92 Å². The van der Waals surface area contributed by atoms with Gasteiger partial charge in [0, 0.05) is 11.6 Å². The van der Waals surface area contributed by atoms with Crippen molar-refractivity contribution in [2.75, 3.05) is 19.6 Å². The molecule has 0 amide bonds. The number of piperidine rings is 1. The minimum Gasteiger partial charge on any atom is -0.388 e. The normalized spacial score (nSPS) is 19.7. The van der Waals surface area contributed by atoms with E-state index in [4.69, 9.17) is 11.6 Å². The Kier molecular flexibility index (Phi) is 5.52. The summed E-state index contributed by atoms with van der Waals surface area (Å²) in [5.41, 5.74) is 0.671. The van der Waals surface area contributed by atoms with Gasteiger partial charge < -0.3 is 10.0 Å². The fraction of sp³-hybridized carbons (Fsp3) is 0.600. The van der Waals surface area contributed by atoms with Crippen LogP contribution < -0.4 is 0 Å². The molecule has 2 nitrogen and oxygen atoms in total. The predicted octanol–water partition coefficient (Wildman–Crippen LogP) is 4.04. The number of halogens is 4. The van der Waals surface area contributed by atoms with Crippen molar-refractivity contribution in [3.8, 4) is 0 Å². The Labute approximate surface area is 127 Å². The highest BCUT2D eigenvalue weighted by Gasteiger charge is 2.40. The van der Waals surface area contributed by atoms with Crippen LogP contribution in [0.4, 0.5) is 13.2 Å². The van der Waals surface area contributed by atoms with Gasteiger partial charge in [0.2, 0.25) is 0 Å². The van der Waals surface area contributed by atoms with E-state index in [2.05, 4.69) is 0 Å². The molecule has 1 aromatic rings. The molecule has 1 saturated heterocycles. The van der Waals surface area contributed by atoms with Gasteiger partial charge in [-0.1, -0.05) is 29.8 Å². The van der Waals surface area contributed by atoms with Crippen LogP contribution in [0.15, 0.2) is 24.3 Å². The van der Waals surface area contributed by atoms with Gasteiger partial charge in [0.05, 0.1) is 12.0 Å². The van der Waals surface area contributed by atoms with E-state index in [9.17, 15) is 18.3 Å². The van der Waals surface area contributed by atoms with E-state index in [0.29, 0.717) is 36.6 Å². The molecule has 0 aromatic heterocycles. The van der Waals surface area contributed by atoms with Gasteiger partial charge in [-0.05, 0) is 44.0 Å². The fourth-order valence-electron chi connectivity index (χ4n) is 2.69. The quantitative estimate of drug-likeness (QED) is 0.904.